The highest BCUT2D eigenvalue weighted by Gasteiger charge is 2.24. The molecule has 2 unspecified atom stereocenters. The highest BCUT2D eigenvalue weighted by molar-refractivity contribution is 7.39. The molecule has 0 saturated heterocycles. The lowest BCUT2D eigenvalue weighted by molar-refractivity contribution is 0.231. The van der Waals surface area contributed by atoms with E-state index in [1.165, 1.54) is 12.5 Å². The summed E-state index contributed by atoms with van der Waals surface area (Å²) >= 11 is 0. The Kier molecular flexibility index (Phi) is 5.48. The van der Waals surface area contributed by atoms with Crippen molar-refractivity contribution in [3.05, 3.63) is 35.9 Å². The van der Waals surface area contributed by atoms with E-state index in [1.54, 1.807) is 0 Å². The van der Waals surface area contributed by atoms with Crippen LogP contribution in [0.25, 0.3) is 0 Å². The molecule has 0 spiro atoms. The van der Waals surface area contributed by atoms with Gasteiger partial charge in [-0.25, -0.2) is 0 Å². The summed E-state index contributed by atoms with van der Waals surface area (Å²) in [4.78, 5) is 0. The van der Waals surface area contributed by atoms with Gasteiger partial charge in [-0.3, -0.25) is 0 Å². The Hall–Kier alpha value is -0.760. The average Bonchev–Trinajstić information content (AvgIpc) is 2.25. The average molecular weight is 227 g/mol. The van der Waals surface area contributed by atoms with Gasteiger partial charge in [-0.1, -0.05) is 30.3 Å². The maximum atomic E-state index is 11.0. The van der Waals surface area contributed by atoms with Gasteiger partial charge >= 0.3 is 8.03 Å². The third-order valence-electron chi connectivity index (χ3n) is 1.98. The van der Waals surface area contributed by atoms with E-state index < -0.39 is 13.9 Å². The molecule has 0 saturated carbocycles. The van der Waals surface area contributed by atoms with Crippen LogP contribution in [-0.2, 0) is 15.5 Å². The zero-order valence-electron chi connectivity index (χ0n) is 8.80. The van der Waals surface area contributed by atoms with Gasteiger partial charge in [0.25, 0.3) is 5.85 Å². The molecule has 0 aromatic heterocycles. The monoisotopic (exact) mass is 227 g/mol. The lowest BCUT2D eigenvalue weighted by atomic mass is 10.1. The normalized spacial score (nSPS) is 13.6. The molecule has 2 atom stereocenters. The minimum atomic E-state index is -1.91. The molecule has 3 nitrogen and oxygen atoms in total. The van der Waals surface area contributed by atoms with Crippen LogP contribution in [0, 0.1) is 0 Å². The number of rotatable bonds is 6. The van der Waals surface area contributed by atoms with Gasteiger partial charge in [0.15, 0.2) is 0 Å². The Morgan fingerprint density at radius 1 is 1.40 bits per heavy atom. The van der Waals surface area contributed by atoms with Gasteiger partial charge in [-0.15, -0.1) is 4.52 Å². The van der Waals surface area contributed by atoms with Crippen LogP contribution in [0.5, 0.6) is 0 Å². The van der Waals surface area contributed by atoms with Crippen molar-refractivity contribution < 1.29 is 14.2 Å². The summed E-state index contributed by atoms with van der Waals surface area (Å²) in [7, 11) is -1.91. The summed E-state index contributed by atoms with van der Waals surface area (Å²) < 4.78 is 16.0. The molecule has 0 aliphatic heterocycles. The summed E-state index contributed by atoms with van der Waals surface area (Å²) in [6.07, 6.45) is 1.72. The van der Waals surface area contributed by atoms with E-state index in [1.807, 2.05) is 18.2 Å². The highest BCUT2D eigenvalue weighted by Crippen LogP contribution is 2.27. The minimum absolute atomic E-state index is 0.426. The standard InChI is InChI=1S/C11H16O3P/c1-10(12)15(13)14-9-5-8-11-6-3-2-4-7-11/h2-4,6-7,10,12H,5,8-9H2,1H3/q+1. The summed E-state index contributed by atoms with van der Waals surface area (Å²) in [6, 6.07) is 10.1. The Morgan fingerprint density at radius 2 is 2.07 bits per heavy atom. The fourth-order valence-electron chi connectivity index (χ4n) is 1.18. The smallest absolute Gasteiger partial charge is 0.349 e. The van der Waals surface area contributed by atoms with Crippen LogP contribution in [0.15, 0.2) is 30.3 Å². The molecule has 0 fully saturated rings. The Labute approximate surface area is 91.0 Å². The first-order valence-corrected chi connectivity index (χ1v) is 6.26. The maximum Gasteiger partial charge on any atom is 0.539 e. The first-order valence-electron chi connectivity index (χ1n) is 5.01. The second-order valence-electron chi connectivity index (χ2n) is 3.34. The SMILES string of the molecule is CC(O)[P+](=O)OCCCc1ccccc1. The van der Waals surface area contributed by atoms with E-state index >= 15 is 0 Å². The number of hydrogen-bond donors (Lipinski definition) is 1. The summed E-state index contributed by atoms with van der Waals surface area (Å²) in [6.45, 7) is 1.89. The van der Waals surface area contributed by atoms with Crippen molar-refractivity contribution in [1.82, 2.24) is 0 Å². The molecule has 82 valence electrons. The molecule has 1 N–H and O–H groups in total. The van der Waals surface area contributed by atoms with Crippen LogP contribution in [0.2, 0.25) is 0 Å². The Balaban J connectivity index is 2.15. The topological polar surface area (TPSA) is 46.5 Å². The van der Waals surface area contributed by atoms with Crippen molar-refractivity contribution in [3.63, 3.8) is 0 Å². The lowest BCUT2D eigenvalue weighted by Gasteiger charge is -1.98. The van der Waals surface area contributed by atoms with Crippen molar-refractivity contribution in [2.24, 2.45) is 0 Å². The number of hydrogen-bond acceptors (Lipinski definition) is 3. The second kappa shape index (κ2) is 6.67. The predicted octanol–water partition coefficient (Wildman–Crippen LogP) is 2.72. The minimum Gasteiger partial charge on any atom is -0.349 e. The summed E-state index contributed by atoms with van der Waals surface area (Å²) in [5.74, 6) is -0.878. The Morgan fingerprint density at radius 3 is 2.67 bits per heavy atom. The summed E-state index contributed by atoms with van der Waals surface area (Å²) in [5, 5.41) is 8.93. The van der Waals surface area contributed by atoms with Gasteiger partial charge < -0.3 is 5.11 Å². The first kappa shape index (κ1) is 12.3. The van der Waals surface area contributed by atoms with Crippen molar-refractivity contribution in [3.8, 4) is 0 Å². The zero-order chi connectivity index (χ0) is 11.1. The Bertz CT molecular complexity index is 298. The maximum absolute atomic E-state index is 11.0. The fraction of sp³-hybridized carbons (Fsp3) is 0.455. The molecule has 0 radical (unpaired) electrons. The molecular weight excluding hydrogens is 211 g/mol. The molecular formula is C11H16O3P+. The molecule has 1 aromatic rings. The van der Waals surface area contributed by atoms with E-state index in [9.17, 15) is 4.57 Å². The highest BCUT2D eigenvalue weighted by atomic mass is 31.1. The molecule has 4 heteroatoms. The zero-order valence-corrected chi connectivity index (χ0v) is 9.69. The van der Waals surface area contributed by atoms with Crippen LogP contribution in [0.4, 0.5) is 0 Å². The second-order valence-corrected chi connectivity index (χ2v) is 4.92. The van der Waals surface area contributed by atoms with Crippen LogP contribution in [0.1, 0.15) is 18.9 Å². The molecule has 15 heavy (non-hydrogen) atoms. The molecule has 1 aromatic carbocycles. The molecule has 0 amide bonds. The van der Waals surface area contributed by atoms with Gasteiger partial charge in [0, 0.05) is 6.92 Å². The lowest BCUT2D eigenvalue weighted by Crippen LogP contribution is -1.97. The van der Waals surface area contributed by atoms with Crippen LogP contribution >= 0.6 is 8.03 Å². The number of aliphatic hydroxyl groups excluding tert-OH is 1. The molecule has 0 bridgehead atoms. The van der Waals surface area contributed by atoms with Crippen molar-refractivity contribution in [1.29, 1.82) is 0 Å². The fourth-order valence-corrected chi connectivity index (χ4v) is 1.71. The largest absolute Gasteiger partial charge is 0.539 e. The third kappa shape index (κ3) is 5.03. The first-order chi connectivity index (χ1) is 7.20. The van der Waals surface area contributed by atoms with E-state index in [4.69, 9.17) is 9.63 Å². The van der Waals surface area contributed by atoms with Crippen molar-refractivity contribution in [2.75, 3.05) is 6.61 Å². The molecule has 0 aliphatic carbocycles. The quantitative estimate of drug-likeness (QED) is 0.600. The van der Waals surface area contributed by atoms with Gasteiger partial charge in [0.2, 0.25) is 0 Å². The summed E-state index contributed by atoms with van der Waals surface area (Å²) in [5.41, 5.74) is 1.24. The van der Waals surface area contributed by atoms with Crippen LogP contribution in [-0.4, -0.2) is 17.6 Å². The molecule has 1 rings (SSSR count). The van der Waals surface area contributed by atoms with E-state index in [0.29, 0.717) is 6.61 Å². The van der Waals surface area contributed by atoms with Crippen LogP contribution in [0.3, 0.4) is 0 Å². The van der Waals surface area contributed by atoms with Gasteiger partial charge in [0.05, 0.1) is 0 Å². The van der Waals surface area contributed by atoms with E-state index in [0.717, 1.165) is 12.8 Å². The van der Waals surface area contributed by atoms with Gasteiger partial charge in [-0.05, 0) is 23.0 Å². The van der Waals surface area contributed by atoms with Gasteiger partial charge in [0.1, 0.15) is 6.61 Å². The molecule has 0 heterocycles. The number of aliphatic hydroxyl groups is 1. The van der Waals surface area contributed by atoms with Gasteiger partial charge in [-0.2, -0.15) is 0 Å². The number of benzene rings is 1. The number of aryl methyl sites for hydroxylation is 1. The predicted molar refractivity (Wildman–Crippen MR) is 60.0 cm³/mol. The van der Waals surface area contributed by atoms with Crippen molar-refractivity contribution >= 4 is 8.03 Å². The van der Waals surface area contributed by atoms with E-state index in [-0.39, 0.29) is 0 Å². The van der Waals surface area contributed by atoms with Crippen LogP contribution < -0.4 is 0 Å². The third-order valence-corrected chi connectivity index (χ3v) is 3.02. The van der Waals surface area contributed by atoms with Crippen molar-refractivity contribution in [2.45, 2.75) is 25.6 Å². The van der Waals surface area contributed by atoms with E-state index in [2.05, 4.69) is 12.1 Å². The molecule has 0 aliphatic rings.